The monoisotopic (exact) mass is 762 g/mol. The molecule has 0 aromatic carbocycles. The molecule has 0 heterocycles. The molecular formula is C49H95NO4. The van der Waals surface area contributed by atoms with Crippen LogP contribution in [0, 0.1) is 0 Å². The van der Waals surface area contributed by atoms with Gasteiger partial charge in [0.15, 0.2) is 0 Å². The minimum Gasteiger partial charge on any atom is -0.394 e. The van der Waals surface area contributed by atoms with E-state index in [-0.39, 0.29) is 12.5 Å². The molecule has 4 N–H and O–H groups in total. The number of hydrogen-bond acceptors (Lipinski definition) is 4. The normalized spacial score (nSPS) is 13.6. The molecule has 54 heavy (non-hydrogen) atoms. The zero-order valence-corrected chi connectivity index (χ0v) is 36.4. The lowest BCUT2D eigenvalue weighted by Crippen LogP contribution is -2.50. The van der Waals surface area contributed by atoms with Crippen LogP contribution in [0.25, 0.3) is 0 Å². The van der Waals surface area contributed by atoms with Crippen LogP contribution >= 0.6 is 0 Å². The number of rotatable bonds is 44. The quantitative estimate of drug-likeness (QED) is 0.0368. The van der Waals surface area contributed by atoms with Gasteiger partial charge in [0.25, 0.3) is 0 Å². The molecule has 0 radical (unpaired) electrons. The topological polar surface area (TPSA) is 89.8 Å². The van der Waals surface area contributed by atoms with Crippen molar-refractivity contribution in [3.63, 3.8) is 0 Å². The Morgan fingerprint density at radius 1 is 0.463 bits per heavy atom. The fourth-order valence-electron chi connectivity index (χ4n) is 7.55. The summed E-state index contributed by atoms with van der Waals surface area (Å²) >= 11 is 0. The third-order valence-electron chi connectivity index (χ3n) is 11.3. The summed E-state index contributed by atoms with van der Waals surface area (Å²) in [4.78, 5) is 12.4. The van der Waals surface area contributed by atoms with Crippen LogP contribution in [0.2, 0.25) is 0 Å². The molecule has 0 aromatic heterocycles. The van der Waals surface area contributed by atoms with Gasteiger partial charge in [0.1, 0.15) is 6.10 Å². The van der Waals surface area contributed by atoms with Gasteiger partial charge in [-0.05, 0) is 44.9 Å². The summed E-state index contributed by atoms with van der Waals surface area (Å²) in [5, 5.41) is 33.5. The number of carbonyl (C=O) groups excluding carboxylic acids is 1. The molecule has 5 nitrogen and oxygen atoms in total. The number of nitrogens with one attached hydrogen (secondary N) is 1. The van der Waals surface area contributed by atoms with E-state index in [0.717, 1.165) is 44.9 Å². The maximum Gasteiger partial charge on any atom is 0.220 e. The lowest BCUT2D eigenvalue weighted by atomic mass is 9.99. The second kappa shape index (κ2) is 44.5. The Morgan fingerprint density at radius 3 is 1.17 bits per heavy atom. The van der Waals surface area contributed by atoms with Crippen LogP contribution in [0.15, 0.2) is 24.3 Å². The zero-order chi connectivity index (χ0) is 39.4. The number of amides is 1. The number of hydrogen-bond donors (Lipinski definition) is 4. The number of aliphatic hydroxyl groups is 3. The van der Waals surface area contributed by atoms with Crippen molar-refractivity contribution < 1.29 is 20.1 Å². The van der Waals surface area contributed by atoms with Gasteiger partial charge in [0.05, 0.1) is 18.8 Å². The molecule has 1 amide bonds. The maximum atomic E-state index is 12.4. The Kier molecular flexibility index (Phi) is 43.6. The summed E-state index contributed by atoms with van der Waals surface area (Å²) in [5.74, 6) is -0.145. The molecule has 0 aliphatic rings. The predicted molar refractivity (Wildman–Crippen MR) is 236 cm³/mol. The van der Waals surface area contributed by atoms with E-state index in [1.54, 1.807) is 0 Å². The van der Waals surface area contributed by atoms with Crippen molar-refractivity contribution in [2.75, 3.05) is 6.61 Å². The highest BCUT2D eigenvalue weighted by Gasteiger charge is 2.26. The average molecular weight is 762 g/mol. The van der Waals surface area contributed by atoms with Crippen LogP contribution in [-0.4, -0.2) is 46.1 Å². The smallest absolute Gasteiger partial charge is 0.220 e. The zero-order valence-electron chi connectivity index (χ0n) is 36.4. The fourth-order valence-corrected chi connectivity index (χ4v) is 7.55. The van der Waals surface area contributed by atoms with Crippen LogP contribution in [0.5, 0.6) is 0 Å². The molecule has 0 aliphatic carbocycles. The summed E-state index contributed by atoms with van der Waals surface area (Å²) in [6.07, 6.45) is 54.5. The van der Waals surface area contributed by atoms with Gasteiger partial charge in [-0.1, -0.05) is 231 Å². The van der Waals surface area contributed by atoms with Crippen molar-refractivity contribution in [2.24, 2.45) is 0 Å². The van der Waals surface area contributed by atoms with Crippen LogP contribution in [-0.2, 0) is 4.79 Å². The van der Waals surface area contributed by atoms with Gasteiger partial charge in [-0.25, -0.2) is 0 Å². The van der Waals surface area contributed by atoms with Crippen LogP contribution in [0.3, 0.4) is 0 Å². The van der Waals surface area contributed by atoms with Gasteiger partial charge < -0.3 is 20.6 Å². The van der Waals surface area contributed by atoms with E-state index in [4.69, 9.17) is 0 Å². The van der Waals surface area contributed by atoms with Crippen molar-refractivity contribution in [3.8, 4) is 0 Å². The van der Waals surface area contributed by atoms with Gasteiger partial charge in [-0.15, -0.1) is 0 Å². The van der Waals surface area contributed by atoms with E-state index in [9.17, 15) is 20.1 Å². The van der Waals surface area contributed by atoms with Crippen molar-refractivity contribution in [2.45, 2.75) is 276 Å². The molecule has 5 heteroatoms. The fraction of sp³-hybridized carbons (Fsp3) is 0.898. The lowest BCUT2D eigenvalue weighted by Gasteiger charge is -2.26. The summed E-state index contributed by atoms with van der Waals surface area (Å²) in [6, 6.07) is -0.807. The number of unbranched alkanes of at least 4 members (excludes halogenated alkanes) is 32. The van der Waals surface area contributed by atoms with Gasteiger partial charge in [0.2, 0.25) is 5.91 Å². The second-order valence-corrected chi connectivity index (χ2v) is 16.7. The average Bonchev–Trinajstić information content (AvgIpc) is 3.18. The first-order chi connectivity index (χ1) is 26.6. The standard InChI is InChI=1S/C49H95NO4/c1-3-5-7-9-11-13-15-16-17-18-19-20-21-22-23-24-25-26-27-28-29-30-31-32-34-36-38-40-42-44-48(53)50-46(45-51)49(54)47(52)43-41-39-37-35-33-14-12-10-8-6-4-2/h19-20,22-23,46-47,49,51-52,54H,3-18,21,24-45H2,1-2H3,(H,50,53)/b20-19-,23-22-. The van der Waals surface area contributed by atoms with E-state index in [1.807, 2.05) is 0 Å². The Bertz CT molecular complexity index is 799. The molecule has 0 bridgehead atoms. The first kappa shape index (κ1) is 52.8. The first-order valence-electron chi connectivity index (χ1n) is 24.1. The molecule has 320 valence electrons. The Hall–Kier alpha value is -1.17. The largest absolute Gasteiger partial charge is 0.394 e. The molecule has 0 spiro atoms. The summed E-state index contributed by atoms with van der Waals surface area (Å²) < 4.78 is 0. The molecule has 0 fully saturated rings. The summed E-state index contributed by atoms with van der Waals surface area (Å²) in [6.45, 7) is 4.18. The molecule has 0 rings (SSSR count). The first-order valence-corrected chi connectivity index (χ1v) is 24.1. The molecule has 3 atom stereocenters. The Labute approximate surface area is 337 Å². The van der Waals surface area contributed by atoms with E-state index in [1.165, 1.54) is 186 Å². The lowest BCUT2D eigenvalue weighted by molar-refractivity contribution is -0.124. The van der Waals surface area contributed by atoms with Gasteiger partial charge in [-0.3, -0.25) is 4.79 Å². The highest BCUT2D eigenvalue weighted by Crippen LogP contribution is 2.16. The van der Waals surface area contributed by atoms with Crippen molar-refractivity contribution in [3.05, 3.63) is 24.3 Å². The molecule has 0 saturated heterocycles. The van der Waals surface area contributed by atoms with E-state index in [0.29, 0.717) is 12.8 Å². The van der Waals surface area contributed by atoms with Crippen molar-refractivity contribution in [1.29, 1.82) is 0 Å². The van der Waals surface area contributed by atoms with E-state index >= 15 is 0 Å². The molecule has 3 unspecified atom stereocenters. The third-order valence-corrected chi connectivity index (χ3v) is 11.3. The second-order valence-electron chi connectivity index (χ2n) is 16.7. The Balaban J connectivity index is 3.52. The summed E-state index contributed by atoms with van der Waals surface area (Å²) in [5.41, 5.74) is 0. The predicted octanol–water partition coefficient (Wildman–Crippen LogP) is 14.2. The van der Waals surface area contributed by atoms with E-state index in [2.05, 4.69) is 43.5 Å². The number of carbonyl (C=O) groups is 1. The van der Waals surface area contributed by atoms with Crippen molar-refractivity contribution in [1.82, 2.24) is 5.32 Å². The third kappa shape index (κ3) is 39.1. The highest BCUT2D eigenvalue weighted by atomic mass is 16.3. The molecular weight excluding hydrogens is 667 g/mol. The SMILES string of the molecule is CCCCCCCCCCC/C=C\C/C=C\CCCCCCCCCCCCCCCC(=O)NC(CO)C(O)C(O)CCCCCCCCCCCCC. The summed E-state index contributed by atoms with van der Waals surface area (Å²) in [7, 11) is 0. The van der Waals surface area contributed by atoms with Crippen LogP contribution < -0.4 is 5.32 Å². The van der Waals surface area contributed by atoms with E-state index < -0.39 is 18.2 Å². The van der Waals surface area contributed by atoms with Gasteiger partial charge in [0, 0.05) is 6.42 Å². The molecule has 0 saturated carbocycles. The highest BCUT2D eigenvalue weighted by molar-refractivity contribution is 5.76. The minimum atomic E-state index is -1.13. The van der Waals surface area contributed by atoms with Gasteiger partial charge >= 0.3 is 0 Å². The Morgan fingerprint density at radius 2 is 0.796 bits per heavy atom. The van der Waals surface area contributed by atoms with Crippen LogP contribution in [0.1, 0.15) is 258 Å². The van der Waals surface area contributed by atoms with Crippen LogP contribution in [0.4, 0.5) is 0 Å². The number of allylic oxidation sites excluding steroid dienone is 4. The number of aliphatic hydroxyl groups excluding tert-OH is 3. The minimum absolute atomic E-state index is 0.145. The van der Waals surface area contributed by atoms with Gasteiger partial charge in [-0.2, -0.15) is 0 Å². The molecule has 0 aromatic rings. The maximum absolute atomic E-state index is 12.4. The molecule has 0 aliphatic heterocycles. The van der Waals surface area contributed by atoms with Crippen molar-refractivity contribution >= 4 is 5.91 Å².